The smallest absolute Gasteiger partial charge is 0.253 e. The quantitative estimate of drug-likeness (QED) is 0.559. The van der Waals surface area contributed by atoms with Gasteiger partial charge in [-0.15, -0.1) is 0 Å². The number of hydrogen-bond donors (Lipinski definition) is 2. The van der Waals surface area contributed by atoms with Crippen LogP contribution in [0, 0.1) is 0 Å². The Kier molecular flexibility index (Phi) is 7.38. The van der Waals surface area contributed by atoms with Crippen molar-refractivity contribution < 1.29 is 14.3 Å². The summed E-state index contributed by atoms with van der Waals surface area (Å²) in [5, 5.41) is 6.50. The first kappa shape index (κ1) is 21.9. The van der Waals surface area contributed by atoms with Gasteiger partial charge >= 0.3 is 0 Å². The highest BCUT2D eigenvalue weighted by Crippen LogP contribution is 2.25. The molecular formula is C26H29N3O3. The lowest BCUT2D eigenvalue weighted by Gasteiger charge is -2.35. The number of carbonyl (C=O) groups is 1. The predicted molar refractivity (Wildman–Crippen MR) is 127 cm³/mol. The molecule has 166 valence electrons. The van der Waals surface area contributed by atoms with Crippen molar-refractivity contribution in [2.24, 2.45) is 0 Å². The van der Waals surface area contributed by atoms with E-state index < -0.39 is 0 Å². The number of anilines is 2. The average Bonchev–Trinajstić information content (AvgIpc) is 2.86. The van der Waals surface area contributed by atoms with Crippen LogP contribution in [0.3, 0.4) is 0 Å². The second kappa shape index (κ2) is 10.8. The van der Waals surface area contributed by atoms with Crippen LogP contribution in [0.25, 0.3) is 0 Å². The SMILES string of the molecule is COc1ccc(C(CNC(=O)c2ccccc2Nc2ccccc2)N2CCOCC2)cc1. The number of carbonyl (C=O) groups excluding carboxylic acids is 1. The van der Waals surface area contributed by atoms with Gasteiger partial charge in [0.2, 0.25) is 0 Å². The highest BCUT2D eigenvalue weighted by atomic mass is 16.5. The Morgan fingerprint density at radius 1 is 0.969 bits per heavy atom. The number of nitrogens with one attached hydrogen (secondary N) is 2. The maximum absolute atomic E-state index is 13.2. The lowest BCUT2D eigenvalue weighted by atomic mass is 10.0. The number of ether oxygens (including phenoxy) is 2. The molecule has 3 aromatic rings. The molecule has 0 saturated carbocycles. The van der Waals surface area contributed by atoms with Crippen molar-refractivity contribution >= 4 is 17.3 Å². The summed E-state index contributed by atoms with van der Waals surface area (Å²) in [6.45, 7) is 3.57. The number of para-hydroxylation sites is 2. The molecular weight excluding hydrogens is 402 g/mol. The van der Waals surface area contributed by atoms with Crippen LogP contribution >= 0.6 is 0 Å². The van der Waals surface area contributed by atoms with E-state index in [1.54, 1.807) is 7.11 Å². The van der Waals surface area contributed by atoms with Gasteiger partial charge in [0, 0.05) is 25.3 Å². The second-order valence-corrected chi connectivity index (χ2v) is 7.68. The normalized spacial score (nSPS) is 15.0. The summed E-state index contributed by atoms with van der Waals surface area (Å²) in [7, 11) is 1.66. The number of amides is 1. The number of nitrogens with zero attached hydrogens (tertiary/aromatic N) is 1. The van der Waals surface area contributed by atoms with E-state index in [0.29, 0.717) is 25.3 Å². The number of methoxy groups -OCH3 is 1. The Morgan fingerprint density at radius 2 is 1.66 bits per heavy atom. The Hall–Kier alpha value is -3.35. The van der Waals surface area contributed by atoms with E-state index in [1.807, 2.05) is 66.7 Å². The molecule has 1 atom stereocenters. The zero-order valence-electron chi connectivity index (χ0n) is 18.3. The monoisotopic (exact) mass is 431 g/mol. The third-order valence-corrected chi connectivity index (χ3v) is 5.67. The molecule has 6 heteroatoms. The van der Waals surface area contributed by atoms with Gasteiger partial charge in [-0.3, -0.25) is 9.69 Å². The predicted octanol–water partition coefficient (Wildman–Crippen LogP) is 4.24. The third-order valence-electron chi connectivity index (χ3n) is 5.67. The molecule has 1 amide bonds. The Morgan fingerprint density at radius 3 is 2.38 bits per heavy atom. The van der Waals surface area contributed by atoms with Crippen molar-refractivity contribution in [2.45, 2.75) is 6.04 Å². The van der Waals surface area contributed by atoms with Crippen LogP contribution in [0.4, 0.5) is 11.4 Å². The summed E-state index contributed by atoms with van der Waals surface area (Å²) < 4.78 is 10.8. The highest BCUT2D eigenvalue weighted by Gasteiger charge is 2.24. The molecule has 6 nitrogen and oxygen atoms in total. The van der Waals surface area contributed by atoms with Crippen LogP contribution in [0.2, 0.25) is 0 Å². The summed E-state index contributed by atoms with van der Waals surface area (Å²) in [6, 6.07) is 25.5. The van der Waals surface area contributed by atoms with Crippen LogP contribution in [0.15, 0.2) is 78.9 Å². The summed E-state index contributed by atoms with van der Waals surface area (Å²) >= 11 is 0. The minimum atomic E-state index is -0.101. The van der Waals surface area contributed by atoms with E-state index >= 15 is 0 Å². The van der Waals surface area contributed by atoms with Gasteiger partial charge in [0.25, 0.3) is 5.91 Å². The molecule has 0 bridgehead atoms. The topological polar surface area (TPSA) is 62.8 Å². The van der Waals surface area contributed by atoms with Crippen molar-refractivity contribution in [3.63, 3.8) is 0 Å². The van der Waals surface area contributed by atoms with Crippen molar-refractivity contribution in [3.8, 4) is 5.75 Å². The van der Waals surface area contributed by atoms with Crippen molar-refractivity contribution in [1.29, 1.82) is 0 Å². The molecule has 1 aliphatic rings. The molecule has 1 aliphatic heterocycles. The van der Waals surface area contributed by atoms with Gasteiger partial charge in [-0.05, 0) is 42.0 Å². The summed E-state index contributed by atoms with van der Waals surface area (Å²) in [4.78, 5) is 15.5. The van der Waals surface area contributed by atoms with E-state index in [9.17, 15) is 4.79 Å². The first-order valence-corrected chi connectivity index (χ1v) is 10.9. The summed E-state index contributed by atoms with van der Waals surface area (Å²) in [5.74, 6) is 0.718. The molecule has 0 spiro atoms. The zero-order valence-corrected chi connectivity index (χ0v) is 18.3. The fourth-order valence-corrected chi connectivity index (χ4v) is 3.92. The van der Waals surface area contributed by atoms with Crippen molar-refractivity contribution in [1.82, 2.24) is 10.2 Å². The van der Waals surface area contributed by atoms with Crippen LogP contribution in [-0.2, 0) is 4.74 Å². The van der Waals surface area contributed by atoms with Gasteiger partial charge in [0.05, 0.1) is 37.6 Å². The van der Waals surface area contributed by atoms with Gasteiger partial charge in [0.1, 0.15) is 5.75 Å². The lowest BCUT2D eigenvalue weighted by Crippen LogP contribution is -2.43. The fourth-order valence-electron chi connectivity index (χ4n) is 3.92. The lowest BCUT2D eigenvalue weighted by molar-refractivity contribution is 0.0162. The number of morpholine rings is 1. The van der Waals surface area contributed by atoms with Crippen molar-refractivity contribution in [3.05, 3.63) is 90.0 Å². The maximum atomic E-state index is 13.2. The largest absolute Gasteiger partial charge is 0.497 e. The Bertz CT molecular complexity index is 1000. The van der Waals surface area contributed by atoms with E-state index in [4.69, 9.17) is 9.47 Å². The Labute approximate surface area is 189 Å². The number of benzene rings is 3. The molecule has 2 N–H and O–H groups in total. The molecule has 32 heavy (non-hydrogen) atoms. The summed E-state index contributed by atoms with van der Waals surface area (Å²) in [5.41, 5.74) is 3.48. The molecule has 1 unspecified atom stereocenters. The zero-order chi connectivity index (χ0) is 22.2. The standard InChI is InChI=1S/C26H29N3O3/c1-31-22-13-11-20(12-14-22)25(29-15-17-32-18-16-29)19-27-26(30)23-9-5-6-10-24(23)28-21-7-3-2-4-8-21/h2-14,25,28H,15-19H2,1H3,(H,27,30). The number of rotatable bonds is 8. The first-order chi connectivity index (χ1) is 15.7. The average molecular weight is 432 g/mol. The van der Waals surface area contributed by atoms with Gasteiger partial charge in [-0.2, -0.15) is 0 Å². The van der Waals surface area contributed by atoms with Crippen LogP contribution < -0.4 is 15.4 Å². The van der Waals surface area contributed by atoms with Crippen LogP contribution in [-0.4, -0.2) is 50.8 Å². The summed E-state index contributed by atoms with van der Waals surface area (Å²) in [6.07, 6.45) is 0. The van der Waals surface area contributed by atoms with E-state index in [0.717, 1.165) is 35.8 Å². The maximum Gasteiger partial charge on any atom is 0.253 e. The molecule has 1 heterocycles. The molecule has 0 radical (unpaired) electrons. The minimum absolute atomic E-state index is 0.0583. The number of hydrogen-bond acceptors (Lipinski definition) is 5. The fraction of sp³-hybridized carbons (Fsp3) is 0.269. The molecule has 0 aromatic heterocycles. The second-order valence-electron chi connectivity index (χ2n) is 7.68. The molecule has 1 saturated heterocycles. The molecule has 4 rings (SSSR count). The van der Waals surface area contributed by atoms with Crippen molar-refractivity contribution in [2.75, 3.05) is 45.3 Å². The Balaban J connectivity index is 1.49. The highest BCUT2D eigenvalue weighted by molar-refractivity contribution is 6.00. The third kappa shape index (κ3) is 5.46. The first-order valence-electron chi connectivity index (χ1n) is 10.9. The van der Waals surface area contributed by atoms with E-state index in [1.165, 1.54) is 0 Å². The van der Waals surface area contributed by atoms with Gasteiger partial charge in [-0.1, -0.05) is 42.5 Å². The van der Waals surface area contributed by atoms with Crippen LogP contribution in [0.1, 0.15) is 22.0 Å². The van der Waals surface area contributed by atoms with Gasteiger partial charge < -0.3 is 20.1 Å². The van der Waals surface area contributed by atoms with Crippen LogP contribution in [0.5, 0.6) is 5.75 Å². The van der Waals surface area contributed by atoms with E-state index in [2.05, 4.69) is 27.7 Å². The minimum Gasteiger partial charge on any atom is -0.497 e. The molecule has 3 aromatic carbocycles. The molecule has 0 aliphatic carbocycles. The molecule has 1 fully saturated rings. The van der Waals surface area contributed by atoms with Gasteiger partial charge in [-0.25, -0.2) is 0 Å². The van der Waals surface area contributed by atoms with E-state index in [-0.39, 0.29) is 11.9 Å². The van der Waals surface area contributed by atoms with Gasteiger partial charge in [0.15, 0.2) is 0 Å².